The molecule has 17 heavy (non-hydrogen) atoms. The molecule has 1 aliphatic heterocycles. The normalized spacial score (nSPS) is 21.4. The maximum atomic E-state index is 11.1. The first-order valence-corrected chi connectivity index (χ1v) is 6.06. The van der Waals surface area contributed by atoms with E-state index in [4.69, 9.17) is 5.11 Å². The Hall–Kier alpha value is -1.42. The van der Waals surface area contributed by atoms with Crippen LogP contribution in [0.4, 0.5) is 0 Å². The van der Waals surface area contributed by atoms with E-state index in [0.717, 1.165) is 13.1 Å². The molecule has 4 nitrogen and oxygen atoms in total. The second kappa shape index (κ2) is 5.27. The number of hydrogen-bond acceptors (Lipinski definition) is 3. The standard InChI is InChI=1S/C13H18N2O2/c1-10-4-3-7-15(8-10)9-12-11(13(16)17)5-2-6-14-12/h2,5-6,10H,3-4,7-9H2,1H3,(H,16,17). The van der Waals surface area contributed by atoms with Crippen LogP contribution in [0.15, 0.2) is 18.3 Å². The Morgan fingerprint density at radius 2 is 2.47 bits per heavy atom. The minimum atomic E-state index is -0.891. The van der Waals surface area contributed by atoms with Crippen molar-refractivity contribution in [1.29, 1.82) is 0 Å². The van der Waals surface area contributed by atoms with Gasteiger partial charge in [-0.3, -0.25) is 9.88 Å². The van der Waals surface area contributed by atoms with Crippen LogP contribution in [-0.2, 0) is 6.54 Å². The molecule has 0 aromatic carbocycles. The zero-order chi connectivity index (χ0) is 12.3. The van der Waals surface area contributed by atoms with Gasteiger partial charge in [-0.25, -0.2) is 4.79 Å². The number of carbonyl (C=O) groups is 1. The zero-order valence-corrected chi connectivity index (χ0v) is 10.1. The Bertz CT molecular complexity index is 406. The summed E-state index contributed by atoms with van der Waals surface area (Å²) < 4.78 is 0. The molecule has 2 rings (SSSR count). The maximum absolute atomic E-state index is 11.1. The van der Waals surface area contributed by atoms with Gasteiger partial charge in [0.05, 0.1) is 11.3 Å². The number of aromatic nitrogens is 1. The monoisotopic (exact) mass is 234 g/mol. The summed E-state index contributed by atoms with van der Waals surface area (Å²) in [4.78, 5) is 17.6. The zero-order valence-electron chi connectivity index (χ0n) is 10.1. The SMILES string of the molecule is CC1CCCN(Cc2ncccc2C(=O)O)C1. The number of hydrogen-bond donors (Lipinski definition) is 1. The van der Waals surface area contributed by atoms with Crippen LogP contribution >= 0.6 is 0 Å². The Balaban J connectivity index is 2.10. The summed E-state index contributed by atoms with van der Waals surface area (Å²) in [5, 5.41) is 9.09. The molecule has 92 valence electrons. The number of piperidine rings is 1. The van der Waals surface area contributed by atoms with Crippen LogP contribution in [-0.4, -0.2) is 34.0 Å². The maximum Gasteiger partial charge on any atom is 0.337 e. The highest BCUT2D eigenvalue weighted by Gasteiger charge is 2.19. The first-order valence-electron chi connectivity index (χ1n) is 6.06. The van der Waals surface area contributed by atoms with Crippen LogP contribution in [0.3, 0.4) is 0 Å². The average molecular weight is 234 g/mol. The van der Waals surface area contributed by atoms with Crippen LogP contribution in [0.1, 0.15) is 35.8 Å². The summed E-state index contributed by atoms with van der Waals surface area (Å²) >= 11 is 0. The topological polar surface area (TPSA) is 53.4 Å². The quantitative estimate of drug-likeness (QED) is 0.869. The molecular weight excluding hydrogens is 216 g/mol. The lowest BCUT2D eigenvalue weighted by molar-refractivity contribution is 0.0693. The smallest absolute Gasteiger partial charge is 0.337 e. The van der Waals surface area contributed by atoms with Crippen molar-refractivity contribution in [3.8, 4) is 0 Å². The molecule has 2 heterocycles. The average Bonchev–Trinajstić information content (AvgIpc) is 2.29. The summed E-state index contributed by atoms with van der Waals surface area (Å²) in [6, 6.07) is 3.30. The number of rotatable bonds is 3. The number of likely N-dealkylation sites (tertiary alicyclic amines) is 1. The molecule has 0 saturated carbocycles. The van der Waals surface area contributed by atoms with Crippen LogP contribution in [0.2, 0.25) is 0 Å². The van der Waals surface area contributed by atoms with E-state index in [2.05, 4.69) is 16.8 Å². The van der Waals surface area contributed by atoms with E-state index in [9.17, 15) is 4.79 Å². The van der Waals surface area contributed by atoms with Gasteiger partial charge in [-0.2, -0.15) is 0 Å². The summed E-state index contributed by atoms with van der Waals surface area (Å²) in [6.45, 7) is 4.96. The third kappa shape index (κ3) is 3.03. The van der Waals surface area contributed by atoms with Crippen molar-refractivity contribution < 1.29 is 9.90 Å². The van der Waals surface area contributed by atoms with E-state index in [1.165, 1.54) is 12.8 Å². The molecule has 4 heteroatoms. The van der Waals surface area contributed by atoms with E-state index >= 15 is 0 Å². The predicted octanol–water partition coefficient (Wildman–Crippen LogP) is 2.01. The van der Waals surface area contributed by atoms with Gasteiger partial charge in [0.25, 0.3) is 0 Å². The summed E-state index contributed by atoms with van der Waals surface area (Å²) in [5.41, 5.74) is 1.000. The second-order valence-electron chi connectivity index (χ2n) is 4.79. The van der Waals surface area contributed by atoms with E-state index in [1.807, 2.05) is 0 Å². The van der Waals surface area contributed by atoms with Gasteiger partial charge in [-0.05, 0) is 37.4 Å². The van der Waals surface area contributed by atoms with Crippen molar-refractivity contribution in [3.63, 3.8) is 0 Å². The molecule has 1 N–H and O–H groups in total. The van der Waals surface area contributed by atoms with Crippen molar-refractivity contribution in [2.45, 2.75) is 26.3 Å². The third-order valence-electron chi connectivity index (χ3n) is 3.24. The van der Waals surface area contributed by atoms with Crippen molar-refractivity contribution in [3.05, 3.63) is 29.6 Å². The molecule has 1 saturated heterocycles. The van der Waals surface area contributed by atoms with Crippen LogP contribution in [0.5, 0.6) is 0 Å². The highest BCUT2D eigenvalue weighted by Crippen LogP contribution is 2.18. The van der Waals surface area contributed by atoms with E-state index in [-0.39, 0.29) is 0 Å². The Morgan fingerprint density at radius 1 is 1.65 bits per heavy atom. The molecule has 1 aliphatic rings. The van der Waals surface area contributed by atoms with Gasteiger partial charge in [-0.15, -0.1) is 0 Å². The minimum Gasteiger partial charge on any atom is -0.478 e. The summed E-state index contributed by atoms with van der Waals surface area (Å²) in [7, 11) is 0. The van der Waals surface area contributed by atoms with E-state index < -0.39 is 5.97 Å². The fourth-order valence-electron chi connectivity index (χ4n) is 2.40. The molecule has 1 atom stereocenters. The van der Waals surface area contributed by atoms with E-state index in [1.54, 1.807) is 18.3 Å². The number of aromatic carboxylic acids is 1. The Kier molecular flexibility index (Phi) is 3.74. The number of pyridine rings is 1. The van der Waals surface area contributed by atoms with Crippen LogP contribution in [0, 0.1) is 5.92 Å². The lowest BCUT2D eigenvalue weighted by atomic mass is 10.00. The fourth-order valence-corrected chi connectivity index (χ4v) is 2.40. The van der Waals surface area contributed by atoms with Crippen molar-refractivity contribution >= 4 is 5.97 Å². The first-order chi connectivity index (χ1) is 8.16. The second-order valence-corrected chi connectivity index (χ2v) is 4.79. The van der Waals surface area contributed by atoms with Gasteiger partial charge < -0.3 is 5.11 Å². The van der Waals surface area contributed by atoms with Crippen molar-refractivity contribution in [2.24, 2.45) is 5.92 Å². The molecule has 0 spiro atoms. The fraction of sp³-hybridized carbons (Fsp3) is 0.538. The molecule has 0 amide bonds. The largest absolute Gasteiger partial charge is 0.478 e. The highest BCUT2D eigenvalue weighted by molar-refractivity contribution is 5.88. The molecular formula is C13H18N2O2. The van der Waals surface area contributed by atoms with Gasteiger partial charge in [0.1, 0.15) is 0 Å². The van der Waals surface area contributed by atoms with Crippen LogP contribution in [0.25, 0.3) is 0 Å². The van der Waals surface area contributed by atoms with Gasteiger partial charge in [-0.1, -0.05) is 6.92 Å². The van der Waals surface area contributed by atoms with Gasteiger partial charge >= 0.3 is 5.97 Å². The Labute approximate surface area is 101 Å². The predicted molar refractivity (Wildman–Crippen MR) is 64.9 cm³/mol. The number of carboxylic acid groups (broad SMARTS) is 1. The molecule has 1 aromatic heterocycles. The van der Waals surface area contributed by atoms with Crippen molar-refractivity contribution in [1.82, 2.24) is 9.88 Å². The van der Waals surface area contributed by atoms with Gasteiger partial charge in [0, 0.05) is 19.3 Å². The molecule has 1 unspecified atom stereocenters. The lowest BCUT2D eigenvalue weighted by Gasteiger charge is -2.30. The highest BCUT2D eigenvalue weighted by atomic mass is 16.4. The van der Waals surface area contributed by atoms with Gasteiger partial charge in [0.2, 0.25) is 0 Å². The summed E-state index contributed by atoms with van der Waals surface area (Å²) in [6.07, 6.45) is 4.12. The number of carboxylic acids is 1. The molecule has 1 aromatic rings. The van der Waals surface area contributed by atoms with Gasteiger partial charge in [0.15, 0.2) is 0 Å². The molecule has 0 aliphatic carbocycles. The molecule has 0 bridgehead atoms. The summed E-state index contributed by atoms with van der Waals surface area (Å²) in [5.74, 6) is -0.195. The third-order valence-corrected chi connectivity index (χ3v) is 3.24. The molecule has 1 fully saturated rings. The first kappa shape index (κ1) is 12.0. The Morgan fingerprint density at radius 3 is 3.18 bits per heavy atom. The van der Waals surface area contributed by atoms with Crippen molar-refractivity contribution in [2.75, 3.05) is 13.1 Å². The minimum absolute atomic E-state index is 0.325. The molecule has 0 radical (unpaired) electrons. The van der Waals surface area contributed by atoms with E-state index in [0.29, 0.717) is 23.7 Å². The lowest BCUT2D eigenvalue weighted by Crippen LogP contribution is -2.34. The number of nitrogens with zero attached hydrogens (tertiary/aromatic N) is 2. The van der Waals surface area contributed by atoms with Crippen LogP contribution < -0.4 is 0 Å².